The van der Waals surface area contributed by atoms with Crippen molar-refractivity contribution in [2.75, 3.05) is 0 Å². The van der Waals surface area contributed by atoms with E-state index in [4.69, 9.17) is 5.73 Å². The van der Waals surface area contributed by atoms with Gasteiger partial charge in [-0.25, -0.2) is 9.59 Å². The molecule has 1 aromatic rings. The summed E-state index contributed by atoms with van der Waals surface area (Å²) in [5, 5.41) is 11.6. The molecule has 0 aliphatic heterocycles. The molecule has 16 heavy (non-hydrogen) atoms. The maximum Gasteiger partial charge on any atom is 0.334 e. The van der Waals surface area contributed by atoms with E-state index in [1.807, 2.05) is 0 Å². The molecule has 1 atom stereocenters. The number of urea groups is 1. The maximum atomic E-state index is 11.3. The Morgan fingerprint density at radius 3 is 2.31 bits per heavy atom. The zero-order chi connectivity index (χ0) is 12.2. The van der Waals surface area contributed by atoms with E-state index in [0.717, 1.165) is 0 Å². The summed E-state index contributed by atoms with van der Waals surface area (Å²) in [5.41, 5.74) is 4.07. The highest BCUT2D eigenvalue weighted by molar-refractivity contribution is 5.86. The number of carbonyl (C=O) groups is 2. The molecule has 0 saturated carbocycles. The van der Waals surface area contributed by atoms with Crippen LogP contribution < -0.4 is 11.1 Å². The largest absolute Gasteiger partial charge is 0.479 e. The van der Waals surface area contributed by atoms with Crippen LogP contribution in [-0.4, -0.2) is 17.1 Å². The van der Waals surface area contributed by atoms with Gasteiger partial charge in [0.2, 0.25) is 0 Å². The summed E-state index contributed by atoms with van der Waals surface area (Å²) in [5.74, 6) is -1.12. The number of aliphatic carboxylic acids is 1. The van der Waals surface area contributed by atoms with Gasteiger partial charge in [-0.1, -0.05) is 37.3 Å². The van der Waals surface area contributed by atoms with Gasteiger partial charge in [0.1, 0.15) is 0 Å². The number of primary amides is 1. The van der Waals surface area contributed by atoms with Crippen LogP contribution in [0.4, 0.5) is 4.79 Å². The van der Waals surface area contributed by atoms with Gasteiger partial charge < -0.3 is 16.2 Å². The first-order chi connectivity index (χ1) is 7.53. The lowest BCUT2D eigenvalue weighted by atomic mass is 9.87. The van der Waals surface area contributed by atoms with Crippen LogP contribution in [0.1, 0.15) is 18.9 Å². The Balaban J connectivity index is 3.23. The Labute approximate surface area is 93.3 Å². The number of carboxylic acid groups (broad SMARTS) is 1. The van der Waals surface area contributed by atoms with Crippen molar-refractivity contribution < 1.29 is 14.7 Å². The lowest BCUT2D eigenvalue weighted by molar-refractivity contribution is -0.145. The quantitative estimate of drug-likeness (QED) is 0.710. The number of nitrogens with two attached hydrogens (primary N) is 1. The minimum atomic E-state index is -1.45. The third-order valence-corrected chi connectivity index (χ3v) is 2.50. The topological polar surface area (TPSA) is 92.4 Å². The van der Waals surface area contributed by atoms with Gasteiger partial charge in [0.05, 0.1) is 0 Å². The number of hydrogen-bond acceptors (Lipinski definition) is 2. The Bertz CT molecular complexity index is 391. The summed E-state index contributed by atoms with van der Waals surface area (Å²) < 4.78 is 0. The molecule has 0 fully saturated rings. The molecule has 0 aliphatic rings. The third kappa shape index (κ3) is 2.13. The summed E-state index contributed by atoms with van der Waals surface area (Å²) in [6, 6.07) is 7.64. The van der Waals surface area contributed by atoms with Crippen molar-refractivity contribution in [1.29, 1.82) is 0 Å². The standard InChI is InChI=1S/C11H14N2O3/c1-2-11(9(14)15,13-10(12)16)8-6-4-3-5-7-8/h3-7H,2H2,1H3,(H,14,15)(H3,12,13,16). The number of rotatable bonds is 4. The molecule has 0 saturated heterocycles. The van der Waals surface area contributed by atoms with Crippen molar-refractivity contribution in [2.45, 2.75) is 18.9 Å². The number of nitrogens with one attached hydrogen (secondary N) is 1. The fourth-order valence-corrected chi connectivity index (χ4v) is 1.63. The van der Waals surface area contributed by atoms with Gasteiger partial charge in [-0.15, -0.1) is 0 Å². The molecule has 0 heterocycles. The molecule has 4 N–H and O–H groups in total. The van der Waals surface area contributed by atoms with E-state index in [1.54, 1.807) is 37.3 Å². The van der Waals surface area contributed by atoms with Crippen LogP contribution in [0.15, 0.2) is 30.3 Å². The van der Waals surface area contributed by atoms with E-state index in [1.165, 1.54) is 0 Å². The molecule has 86 valence electrons. The van der Waals surface area contributed by atoms with Crippen molar-refractivity contribution in [3.05, 3.63) is 35.9 Å². The summed E-state index contributed by atoms with van der Waals surface area (Å²) in [6.07, 6.45) is 0.218. The minimum Gasteiger partial charge on any atom is -0.479 e. The van der Waals surface area contributed by atoms with E-state index in [-0.39, 0.29) is 6.42 Å². The zero-order valence-electron chi connectivity index (χ0n) is 8.93. The van der Waals surface area contributed by atoms with E-state index >= 15 is 0 Å². The highest BCUT2D eigenvalue weighted by Crippen LogP contribution is 2.25. The average molecular weight is 222 g/mol. The summed E-state index contributed by atoms with van der Waals surface area (Å²) in [7, 11) is 0. The van der Waals surface area contributed by atoms with Crippen LogP contribution in [0.3, 0.4) is 0 Å². The maximum absolute atomic E-state index is 11.3. The van der Waals surface area contributed by atoms with Crippen LogP contribution in [-0.2, 0) is 10.3 Å². The van der Waals surface area contributed by atoms with E-state index in [2.05, 4.69) is 5.32 Å². The number of benzene rings is 1. The van der Waals surface area contributed by atoms with Crippen molar-refractivity contribution in [3.63, 3.8) is 0 Å². The van der Waals surface area contributed by atoms with Crippen LogP contribution >= 0.6 is 0 Å². The summed E-state index contributed by atoms with van der Waals surface area (Å²) in [4.78, 5) is 22.2. The molecule has 1 rings (SSSR count). The fraction of sp³-hybridized carbons (Fsp3) is 0.273. The first-order valence-electron chi connectivity index (χ1n) is 4.89. The molecule has 0 spiro atoms. The number of hydrogen-bond donors (Lipinski definition) is 3. The van der Waals surface area contributed by atoms with Crippen LogP contribution in [0, 0.1) is 0 Å². The lowest BCUT2D eigenvalue weighted by Gasteiger charge is -2.28. The smallest absolute Gasteiger partial charge is 0.334 e. The number of carbonyl (C=O) groups excluding carboxylic acids is 1. The Morgan fingerprint density at radius 1 is 1.38 bits per heavy atom. The monoisotopic (exact) mass is 222 g/mol. The van der Waals surface area contributed by atoms with Gasteiger partial charge in [-0.2, -0.15) is 0 Å². The highest BCUT2D eigenvalue weighted by atomic mass is 16.4. The van der Waals surface area contributed by atoms with Gasteiger partial charge in [-0.05, 0) is 12.0 Å². The van der Waals surface area contributed by atoms with E-state index in [9.17, 15) is 14.7 Å². The normalized spacial score (nSPS) is 13.8. The molecule has 1 unspecified atom stereocenters. The van der Waals surface area contributed by atoms with E-state index < -0.39 is 17.5 Å². The van der Waals surface area contributed by atoms with Crippen molar-refractivity contribution in [1.82, 2.24) is 5.32 Å². The van der Waals surface area contributed by atoms with Crippen LogP contribution in [0.5, 0.6) is 0 Å². The number of amides is 2. The highest BCUT2D eigenvalue weighted by Gasteiger charge is 2.39. The van der Waals surface area contributed by atoms with Gasteiger partial charge in [0.25, 0.3) is 0 Å². The molecule has 0 aromatic heterocycles. The van der Waals surface area contributed by atoms with Gasteiger partial charge in [-0.3, -0.25) is 0 Å². The molecular weight excluding hydrogens is 208 g/mol. The first-order valence-corrected chi connectivity index (χ1v) is 4.89. The van der Waals surface area contributed by atoms with Crippen molar-refractivity contribution in [2.24, 2.45) is 5.73 Å². The van der Waals surface area contributed by atoms with Gasteiger partial charge >= 0.3 is 12.0 Å². The second kappa shape index (κ2) is 4.65. The second-order valence-electron chi connectivity index (χ2n) is 3.42. The number of carboxylic acids is 1. The molecule has 2 amide bonds. The minimum absolute atomic E-state index is 0.218. The SMILES string of the molecule is CCC(NC(N)=O)(C(=O)O)c1ccccc1. The summed E-state index contributed by atoms with van der Waals surface area (Å²) >= 11 is 0. The molecule has 1 aromatic carbocycles. The van der Waals surface area contributed by atoms with Gasteiger partial charge in [0.15, 0.2) is 5.54 Å². The lowest BCUT2D eigenvalue weighted by Crippen LogP contribution is -2.53. The predicted octanol–water partition coefficient (Wildman–Crippen LogP) is 1.04. The van der Waals surface area contributed by atoms with Crippen molar-refractivity contribution >= 4 is 12.0 Å². The van der Waals surface area contributed by atoms with Crippen molar-refractivity contribution in [3.8, 4) is 0 Å². The van der Waals surface area contributed by atoms with Gasteiger partial charge in [0, 0.05) is 0 Å². The Kier molecular flexibility index (Phi) is 3.50. The van der Waals surface area contributed by atoms with Crippen LogP contribution in [0.25, 0.3) is 0 Å². The van der Waals surface area contributed by atoms with E-state index in [0.29, 0.717) is 5.56 Å². The molecule has 5 nitrogen and oxygen atoms in total. The molecule has 5 heteroatoms. The predicted molar refractivity (Wildman–Crippen MR) is 58.8 cm³/mol. The Hall–Kier alpha value is -2.04. The third-order valence-electron chi connectivity index (χ3n) is 2.50. The zero-order valence-corrected chi connectivity index (χ0v) is 8.93. The first kappa shape index (κ1) is 12.0. The van der Waals surface area contributed by atoms with Crippen LogP contribution in [0.2, 0.25) is 0 Å². The average Bonchev–Trinajstić information content (AvgIpc) is 2.26. The summed E-state index contributed by atoms with van der Waals surface area (Å²) in [6.45, 7) is 1.68. The molecule has 0 radical (unpaired) electrons. The molecule has 0 aliphatic carbocycles. The fourth-order valence-electron chi connectivity index (χ4n) is 1.63. The molecule has 0 bridgehead atoms. The Morgan fingerprint density at radius 2 is 1.94 bits per heavy atom. The second-order valence-corrected chi connectivity index (χ2v) is 3.42. The molecular formula is C11H14N2O3.